The standard InChI is InChI=1S/C11H12N2/c1-9-6-11(7-9,8-12)10-4-2-3-5-13-10/h2-5,9H,6-7H2,1H3/t9-,11-. The van der Waals surface area contributed by atoms with Gasteiger partial charge in [0.25, 0.3) is 0 Å². The van der Waals surface area contributed by atoms with Crippen LogP contribution in [0.15, 0.2) is 24.4 Å². The zero-order chi connectivity index (χ0) is 9.31. The van der Waals surface area contributed by atoms with Crippen LogP contribution in [-0.2, 0) is 5.41 Å². The lowest BCUT2D eigenvalue weighted by Crippen LogP contribution is -2.39. The van der Waals surface area contributed by atoms with Crippen molar-refractivity contribution in [3.63, 3.8) is 0 Å². The molecule has 0 unspecified atom stereocenters. The maximum Gasteiger partial charge on any atom is 0.0998 e. The minimum Gasteiger partial charge on any atom is -0.260 e. The van der Waals surface area contributed by atoms with Gasteiger partial charge in [-0.25, -0.2) is 0 Å². The fourth-order valence-corrected chi connectivity index (χ4v) is 2.13. The van der Waals surface area contributed by atoms with Crippen LogP contribution >= 0.6 is 0 Å². The highest BCUT2D eigenvalue weighted by atomic mass is 14.7. The van der Waals surface area contributed by atoms with Gasteiger partial charge in [-0.3, -0.25) is 4.98 Å². The molecule has 1 saturated carbocycles. The second-order valence-electron chi connectivity index (χ2n) is 3.92. The van der Waals surface area contributed by atoms with Gasteiger partial charge in [0, 0.05) is 6.20 Å². The van der Waals surface area contributed by atoms with Gasteiger partial charge in [0.1, 0.15) is 0 Å². The van der Waals surface area contributed by atoms with E-state index in [-0.39, 0.29) is 5.41 Å². The van der Waals surface area contributed by atoms with Crippen LogP contribution < -0.4 is 0 Å². The summed E-state index contributed by atoms with van der Waals surface area (Å²) >= 11 is 0. The van der Waals surface area contributed by atoms with Crippen LogP contribution in [0.1, 0.15) is 25.5 Å². The summed E-state index contributed by atoms with van der Waals surface area (Å²) in [6, 6.07) is 8.19. The highest BCUT2D eigenvalue weighted by Gasteiger charge is 2.44. The Morgan fingerprint density at radius 1 is 1.54 bits per heavy atom. The Hall–Kier alpha value is -1.36. The molecule has 0 radical (unpaired) electrons. The number of pyridine rings is 1. The highest BCUT2D eigenvalue weighted by molar-refractivity contribution is 5.30. The summed E-state index contributed by atoms with van der Waals surface area (Å²) in [5.41, 5.74) is 0.663. The van der Waals surface area contributed by atoms with Gasteiger partial charge in [-0.05, 0) is 30.9 Å². The minimum absolute atomic E-state index is 0.277. The molecule has 0 saturated heterocycles. The maximum atomic E-state index is 9.12. The van der Waals surface area contributed by atoms with E-state index in [0.717, 1.165) is 18.5 Å². The quantitative estimate of drug-likeness (QED) is 0.651. The Morgan fingerprint density at radius 2 is 2.31 bits per heavy atom. The van der Waals surface area contributed by atoms with Crippen molar-refractivity contribution in [2.24, 2.45) is 5.92 Å². The lowest BCUT2D eigenvalue weighted by atomic mass is 9.62. The summed E-state index contributed by atoms with van der Waals surface area (Å²) in [7, 11) is 0. The van der Waals surface area contributed by atoms with Crippen molar-refractivity contribution in [3.8, 4) is 6.07 Å². The molecule has 0 aromatic carbocycles. The molecule has 1 heterocycles. The van der Waals surface area contributed by atoms with Crippen LogP contribution in [0.4, 0.5) is 0 Å². The van der Waals surface area contributed by atoms with Crippen LogP contribution in [0.2, 0.25) is 0 Å². The lowest BCUT2D eigenvalue weighted by molar-refractivity contribution is 0.212. The van der Waals surface area contributed by atoms with Crippen molar-refractivity contribution in [1.82, 2.24) is 4.98 Å². The van der Waals surface area contributed by atoms with E-state index in [2.05, 4.69) is 18.0 Å². The number of nitriles is 1. The van der Waals surface area contributed by atoms with E-state index in [4.69, 9.17) is 5.26 Å². The molecule has 2 nitrogen and oxygen atoms in total. The molecule has 1 aliphatic carbocycles. The van der Waals surface area contributed by atoms with Crippen LogP contribution in [-0.4, -0.2) is 4.98 Å². The van der Waals surface area contributed by atoms with Gasteiger partial charge in [0.15, 0.2) is 0 Å². The van der Waals surface area contributed by atoms with Crippen molar-refractivity contribution in [2.75, 3.05) is 0 Å². The summed E-state index contributed by atoms with van der Waals surface area (Å²) in [6.45, 7) is 2.18. The van der Waals surface area contributed by atoms with E-state index < -0.39 is 0 Å². The topological polar surface area (TPSA) is 36.7 Å². The molecule has 1 aromatic heterocycles. The normalized spacial score (nSPS) is 31.8. The fourth-order valence-electron chi connectivity index (χ4n) is 2.13. The lowest BCUT2D eigenvalue weighted by Gasteiger charge is -2.40. The highest BCUT2D eigenvalue weighted by Crippen LogP contribution is 2.46. The van der Waals surface area contributed by atoms with Crippen molar-refractivity contribution in [1.29, 1.82) is 5.26 Å². The van der Waals surface area contributed by atoms with E-state index in [0.29, 0.717) is 5.92 Å². The molecular weight excluding hydrogens is 160 g/mol. The first kappa shape index (κ1) is 8.25. The Morgan fingerprint density at radius 3 is 2.77 bits per heavy atom. The SMILES string of the molecule is C[C@H]1C[C@](C#N)(c2ccccn2)C1. The molecule has 2 rings (SSSR count). The Bertz CT molecular complexity index is 331. The molecule has 0 spiro atoms. The summed E-state index contributed by atoms with van der Waals surface area (Å²) in [5, 5.41) is 9.12. The third-order valence-corrected chi connectivity index (χ3v) is 2.76. The van der Waals surface area contributed by atoms with Crippen molar-refractivity contribution < 1.29 is 0 Å². The van der Waals surface area contributed by atoms with E-state index in [1.807, 2.05) is 18.2 Å². The molecule has 13 heavy (non-hydrogen) atoms. The molecule has 0 aliphatic heterocycles. The third-order valence-electron chi connectivity index (χ3n) is 2.76. The Kier molecular flexibility index (Phi) is 1.81. The number of nitrogens with zero attached hydrogens (tertiary/aromatic N) is 2. The predicted octanol–water partition coefficient (Wildman–Crippen LogP) is 2.27. The van der Waals surface area contributed by atoms with E-state index >= 15 is 0 Å². The average molecular weight is 172 g/mol. The Labute approximate surface area is 78.2 Å². The smallest absolute Gasteiger partial charge is 0.0998 e. The first-order valence-corrected chi connectivity index (χ1v) is 4.60. The van der Waals surface area contributed by atoms with Gasteiger partial charge in [-0.2, -0.15) is 5.26 Å². The third kappa shape index (κ3) is 1.21. The van der Waals surface area contributed by atoms with Gasteiger partial charge >= 0.3 is 0 Å². The average Bonchev–Trinajstić information content (AvgIpc) is 2.14. The van der Waals surface area contributed by atoms with Gasteiger partial charge in [0.2, 0.25) is 0 Å². The molecule has 1 fully saturated rings. The summed E-state index contributed by atoms with van der Waals surface area (Å²) in [4.78, 5) is 4.26. The molecule has 0 amide bonds. The van der Waals surface area contributed by atoms with E-state index in [1.165, 1.54) is 0 Å². The molecule has 1 aromatic rings. The first-order chi connectivity index (χ1) is 6.27. The van der Waals surface area contributed by atoms with Gasteiger partial charge < -0.3 is 0 Å². The molecule has 2 heteroatoms. The largest absolute Gasteiger partial charge is 0.260 e. The van der Waals surface area contributed by atoms with Gasteiger partial charge in [-0.1, -0.05) is 13.0 Å². The number of aromatic nitrogens is 1. The second-order valence-corrected chi connectivity index (χ2v) is 3.92. The van der Waals surface area contributed by atoms with Gasteiger partial charge in [-0.15, -0.1) is 0 Å². The fraction of sp³-hybridized carbons (Fsp3) is 0.455. The van der Waals surface area contributed by atoms with Crippen LogP contribution in [0.3, 0.4) is 0 Å². The molecule has 0 bridgehead atoms. The number of hydrogen-bond acceptors (Lipinski definition) is 2. The Balaban J connectivity index is 2.31. The minimum atomic E-state index is -0.277. The van der Waals surface area contributed by atoms with Crippen LogP contribution in [0.5, 0.6) is 0 Å². The summed E-state index contributed by atoms with van der Waals surface area (Å²) < 4.78 is 0. The first-order valence-electron chi connectivity index (χ1n) is 4.60. The monoisotopic (exact) mass is 172 g/mol. The molecular formula is C11H12N2. The van der Waals surface area contributed by atoms with Crippen molar-refractivity contribution >= 4 is 0 Å². The molecule has 0 N–H and O–H groups in total. The number of hydrogen-bond donors (Lipinski definition) is 0. The zero-order valence-electron chi connectivity index (χ0n) is 7.70. The predicted molar refractivity (Wildman–Crippen MR) is 49.9 cm³/mol. The zero-order valence-corrected chi connectivity index (χ0v) is 7.70. The van der Waals surface area contributed by atoms with Crippen LogP contribution in [0, 0.1) is 17.2 Å². The van der Waals surface area contributed by atoms with Crippen molar-refractivity contribution in [2.45, 2.75) is 25.2 Å². The van der Waals surface area contributed by atoms with E-state index in [1.54, 1.807) is 6.20 Å². The van der Waals surface area contributed by atoms with Crippen LogP contribution in [0.25, 0.3) is 0 Å². The number of rotatable bonds is 1. The summed E-state index contributed by atoms with van der Waals surface area (Å²) in [6.07, 6.45) is 3.68. The molecule has 66 valence electrons. The second kappa shape index (κ2) is 2.85. The molecule has 1 aliphatic rings. The summed E-state index contributed by atoms with van der Waals surface area (Å²) in [5.74, 6) is 0.668. The van der Waals surface area contributed by atoms with Crippen molar-refractivity contribution in [3.05, 3.63) is 30.1 Å². The van der Waals surface area contributed by atoms with E-state index in [9.17, 15) is 0 Å². The van der Waals surface area contributed by atoms with Gasteiger partial charge in [0.05, 0.1) is 17.2 Å². The maximum absolute atomic E-state index is 9.12. The molecule has 0 atom stereocenters.